The summed E-state index contributed by atoms with van der Waals surface area (Å²) in [5, 5.41) is 18.2. The monoisotopic (exact) mass is 453 g/mol. The molecule has 2 aromatic rings. The average molecular weight is 454 g/mol. The van der Waals surface area contributed by atoms with Crippen molar-refractivity contribution >= 4 is 28.5 Å². The number of aliphatic imine (C=N–C) groups is 1. The van der Waals surface area contributed by atoms with Crippen molar-refractivity contribution in [1.82, 2.24) is 10.3 Å². The molecule has 7 nitrogen and oxygen atoms in total. The van der Waals surface area contributed by atoms with E-state index in [9.17, 15) is 9.90 Å². The van der Waals surface area contributed by atoms with E-state index < -0.39 is 5.91 Å². The number of amides is 1. The first-order valence-corrected chi connectivity index (χ1v) is 12.3. The zero-order valence-corrected chi connectivity index (χ0v) is 20.2. The minimum absolute atomic E-state index is 0.000365. The molecule has 1 saturated carbocycles. The van der Waals surface area contributed by atoms with Crippen molar-refractivity contribution in [3.63, 3.8) is 0 Å². The molecule has 0 bridgehead atoms. The van der Waals surface area contributed by atoms with Crippen LogP contribution in [0.15, 0.2) is 29.3 Å². The van der Waals surface area contributed by atoms with Crippen molar-refractivity contribution < 1.29 is 9.90 Å². The van der Waals surface area contributed by atoms with Crippen LogP contribution in [0.1, 0.15) is 74.7 Å². The Morgan fingerprint density at radius 2 is 2.00 bits per heavy atom. The third kappa shape index (κ3) is 6.74. The molecule has 0 aliphatic heterocycles. The van der Waals surface area contributed by atoms with E-state index in [1.807, 2.05) is 38.1 Å². The highest BCUT2D eigenvalue weighted by Gasteiger charge is 2.24. The van der Waals surface area contributed by atoms with Gasteiger partial charge in [0.05, 0.1) is 11.1 Å². The maximum Gasteiger partial charge on any atom is 0.282 e. The number of rotatable bonds is 10. The van der Waals surface area contributed by atoms with E-state index in [0.717, 1.165) is 22.9 Å². The number of nitrogens with two attached hydrogens (primary N) is 1. The van der Waals surface area contributed by atoms with Gasteiger partial charge < -0.3 is 21.5 Å². The first-order chi connectivity index (χ1) is 15.9. The number of carbonyl (C=O) groups excluding carboxylic acids is 1. The molecule has 2 unspecified atom stereocenters. The SMILES string of the molecule is CCC(N)=NC(=O)c1cc2cc(C)ccc2nc1NCC(CO)C(CC)NC1CCCCC1. The highest BCUT2D eigenvalue weighted by Crippen LogP contribution is 2.24. The second-order valence-electron chi connectivity index (χ2n) is 9.18. The lowest BCUT2D eigenvalue weighted by Gasteiger charge is -2.32. The summed E-state index contributed by atoms with van der Waals surface area (Å²) >= 11 is 0. The summed E-state index contributed by atoms with van der Waals surface area (Å²) in [7, 11) is 0. The largest absolute Gasteiger partial charge is 0.396 e. The molecule has 5 N–H and O–H groups in total. The summed E-state index contributed by atoms with van der Waals surface area (Å²) < 4.78 is 0. The number of aryl methyl sites for hydroxylation is 1. The molecule has 0 radical (unpaired) electrons. The van der Waals surface area contributed by atoms with Crippen molar-refractivity contribution in [2.24, 2.45) is 16.6 Å². The number of aliphatic hydroxyl groups excluding tert-OH is 1. The van der Waals surface area contributed by atoms with Gasteiger partial charge in [0.2, 0.25) is 0 Å². The number of hydrogen-bond acceptors (Lipinski definition) is 5. The van der Waals surface area contributed by atoms with Gasteiger partial charge in [0, 0.05) is 43.0 Å². The van der Waals surface area contributed by atoms with Gasteiger partial charge in [-0.3, -0.25) is 4.79 Å². The summed E-state index contributed by atoms with van der Waals surface area (Å²) in [4.78, 5) is 21.7. The van der Waals surface area contributed by atoms with Crippen LogP contribution in [0.2, 0.25) is 0 Å². The fourth-order valence-corrected chi connectivity index (χ4v) is 4.58. The zero-order valence-electron chi connectivity index (χ0n) is 20.2. The van der Waals surface area contributed by atoms with E-state index in [0.29, 0.717) is 36.2 Å². The number of anilines is 1. The number of aromatic nitrogens is 1. The van der Waals surface area contributed by atoms with Crippen LogP contribution in [0.3, 0.4) is 0 Å². The van der Waals surface area contributed by atoms with Crippen LogP contribution < -0.4 is 16.4 Å². The number of hydrogen-bond donors (Lipinski definition) is 4. The van der Waals surface area contributed by atoms with Crippen molar-refractivity contribution in [3.05, 3.63) is 35.4 Å². The molecule has 1 fully saturated rings. The van der Waals surface area contributed by atoms with Gasteiger partial charge in [-0.1, -0.05) is 44.7 Å². The van der Waals surface area contributed by atoms with E-state index in [4.69, 9.17) is 10.7 Å². The Kier molecular flexibility index (Phi) is 9.21. The summed E-state index contributed by atoms with van der Waals surface area (Å²) in [5.74, 6) is 0.376. The van der Waals surface area contributed by atoms with Crippen LogP contribution in [-0.2, 0) is 0 Å². The first-order valence-electron chi connectivity index (χ1n) is 12.3. The fraction of sp³-hybridized carbons (Fsp3) is 0.577. The lowest BCUT2D eigenvalue weighted by molar-refractivity contribution is 0.100. The van der Waals surface area contributed by atoms with Crippen molar-refractivity contribution in [1.29, 1.82) is 0 Å². The lowest BCUT2D eigenvalue weighted by atomic mass is 9.91. The Labute approximate surface area is 197 Å². The molecule has 1 aliphatic rings. The van der Waals surface area contributed by atoms with Gasteiger partial charge in [0.25, 0.3) is 5.91 Å². The molecular weight excluding hydrogens is 414 g/mol. The molecule has 1 heterocycles. The van der Waals surface area contributed by atoms with E-state index in [2.05, 4.69) is 22.5 Å². The number of benzene rings is 1. The number of carbonyl (C=O) groups is 1. The maximum atomic E-state index is 12.9. The topological polar surface area (TPSA) is 113 Å². The third-order valence-electron chi connectivity index (χ3n) is 6.64. The molecule has 0 saturated heterocycles. The quantitative estimate of drug-likeness (QED) is 0.317. The van der Waals surface area contributed by atoms with E-state index in [1.165, 1.54) is 32.1 Å². The van der Waals surface area contributed by atoms with Crippen molar-refractivity contribution in [3.8, 4) is 0 Å². The molecule has 33 heavy (non-hydrogen) atoms. The predicted octanol–water partition coefficient (Wildman–Crippen LogP) is 4.17. The summed E-state index contributed by atoms with van der Waals surface area (Å²) in [6.07, 6.45) is 7.68. The second-order valence-corrected chi connectivity index (χ2v) is 9.18. The highest BCUT2D eigenvalue weighted by molar-refractivity contribution is 6.07. The average Bonchev–Trinajstić information content (AvgIpc) is 2.83. The van der Waals surface area contributed by atoms with Crippen LogP contribution >= 0.6 is 0 Å². The predicted molar refractivity (Wildman–Crippen MR) is 136 cm³/mol. The molecule has 7 heteroatoms. The fourth-order valence-electron chi connectivity index (χ4n) is 4.58. The molecule has 3 rings (SSSR count). The minimum atomic E-state index is -0.402. The lowest BCUT2D eigenvalue weighted by Crippen LogP contribution is -2.46. The van der Waals surface area contributed by atoms with Gasteiger partial charge in [-0.2, -0.15) is 4.99 Å². The molecule has 1 aromatic heterocycles. The Morgan fingerprint density at radius 1 is 1.24 bits per heavy atom. The summed E-state index contributed by atoms with van der Waals surface area (Å²) in [6, 6.07) is 8.51. The van der Waals surface area contributed by atoms with Crippen LogP contribution in [-0.4, -0.2) is 47.1 Å². The Hall–Kier alpha value is -2.51. The van der Waals surface area contributed by atoms with Gasteiger partial charge in [-0.15, -0.1) is 0 Å². The number of fused-ring (bicyclic) bond motifs is 1. The zero-order chi connectivity index (χ0) is 23.8. The second kappa shape index (κ2) is 12.1. The van der Waals surface area contributed by atoms with Gasteiger partial charge in [-0.25, -0.2) is 4.98 Å². The van der Waals surface area contributed by atoms with E-state index in [-0.39, 0.29) is 18.6 Å². The highest BCUT2D eigenvalue weighted by atomic mass is 16.3. The smallest absolute Gasteiger partial charge is 0.282 e. The van der Waals surface area contributed by atoms with E-state index in [1.54, 1.807) is 0 Å². The van der Waals surface area contributed by atoms with Gasteiger partial charge in [0.15, 0.2) is 0 Å². The molecule has 0 spiro atoms. The van der Waals surface area contributed by atoms with Crippen LogP contribution in [0, 0.1) is 12.8 Å². The van der Waals surface area contributed by atoms with Crippen LogP contribution in [0.25, 0.3) is 10.9 Å². The summed E-state index contributed by atoms with van der Waals surface area (Å²) in [6.45, 7) is 6.59. The van der Waals surface area contributed by atoms with Gasteiger partial charge in [-0.05, 0) is 44.4 Å². The Bertz CT molecular complexity index is 969. The molecule has 1 amide bonds. The third-order valence-corrected chi connectivity index (χ3v) is 6.64. The standard InChI is InChI=1S/C26H39N5O2/c1-4-22(29-20-9-7-6-8-10-20)19(16-32)15-28-25-21(26(33)31-24(27)5-2)14-18-13-17(3)11-12-23(18)30-25/h11-14,19-20,22,29,32H,4-10,15-16H2,1-3H3,(H,28,30)(H2,27,31,33). The Balaban J connectivity index is 1.83. The summed E-state index contributed by atoms with van der Waals surface area (Å²) in [5.41, 5.74) is 8.14. The number of nitrogens with one attached hydrogen (secondary N) is 2. The number of nitrogens with zero attached hydrogens (tertiary/aromatic N) is 2. The molecule has 1 aliphatic carbocycles. The number of aliphatic hydroxyl groups is 1. The Morgan fingerprint density at radius 3 is 2.67 bits per heavy atom. The van der Waals surface area contributed by atoms with Crippen molar-refractivity contribution in [2.45, 2.75) is 77.8 Å². The number of amidine groups is 1. The van der Waals surface area contributed by atoms with Gasteiger partial charge >= 0.3 is 0 Å². The minimum Gasteiger partial charge on any atom is -0.396 e. The number of pyridine rings is 1. The van der Waals surface area contributed by atoms with Crippen LogP contribution in [0.4, 0.5) is 5.82 Å². The van der Waals surface area contributed by atoms with Crippen molar-refractivity contribution in [2.75, 3.05) is 18.5 Å². The van der Waals surface area contributed by atoms with E-state index >= 15 is 0 Å². The molecule has 1 aromatic carbocycles. The molecular formula is C26H39N5O2. The van der Waals surface area contributed by atoms with Gasteiger partial charge in [0.1, 0.15) is 11.7 Å². The first kappa shape index (κ1) is 25.1. The molecule has 2 atom stereocenters. The van der Waals surface area contributed by atoms with Crippen LogP contribution in [0.5, 0.6) is 0 Å². The normalized spacial score (nSPS) is 17.2. The maximum absolute atomic E-state index is 12.9. The molecule has 180 valence electrons.